The minimum Gasteiger partial charge on any atom is -0.481 e. The summed E-state index contributed by atoms with van der Waals surface area (Å²) < 4.78 is 7.46. The van der Waals surface area contributed by atoms with Gasteiger partial charge in [-0.05, 0) is 73.8 Å². The number of rotatable bonds is 10. The number of hydrazone groups is 1. The van der Waals surface area contributed by atoms with Crippen LogP contribution >= 0.6 is 23.4 Å². The third-order valence-corrected chi connectivity index (χ3v) is 6.96. The number of H-pyrrole nitrogens is 1. The van der Waals surface area contributed by atoms with Crippen molar-refractivity contribution >= 4 is 41.5 Å². The molecule has 11 heteroatoms. The summed E-state index contributed by atoms with van der Waals surface area (Å²) in [5.41, 5.74) is 4.06. The van der Waals surface area contributed by atoms with E-state index in [1.165, 1.54) is 37.2 Å². The van der Waals surface area contributed by atoms with Gasteiger partial charge in [-0.2, -0.15) is 5.10 Å². The SMILES string of the molecule is O=C(O)COc1ccccc1/C=N/NC(=O)CSc1n[nH]c(-c2ccc(Cl)cc2)[n+]1C1CCCCC1. The number of para-hydroxylation sites is 1. The van der Waals surface area contributed by atoms with Crippen molar-refractivity contribution in [1.29, 1.82) is 0 Å². The second-order valence-electron chi connectivity index (χ2n) is 8.33. The molecule has 1 fully saturated rings. The van der Waals surface area contributed by atoms with E-state index in [2.05, 4.69) is 25.3 Å². The first kappa shape index (κ1) is 25.7. The quantitative estimate of drug-likeness (QED) is 0.157. The maximum atomic E-state index is 12.5. The molecule has 3 aromatic rings. The van der Waals surface area contributed by atoms with Crippen LogP contribution in [0, 0.1) is 0 Å². The van der Waals surface area contributed by atoms with Crippen molar-refractivity contribution in [1.82, 2.24) is 15.6 Å². The van der Waals surface area contributed by atoms with Gasteiger partial charge in [-0.1, -0.05) is 30.2 Å². The molecule has 0 aliphatic heterocycles. The largest absolute Gasteiger partial charge is 0.481 e. The number of benzene rings is 2. The minimum absolute atomic E-state index is 0.131. The van der Waals surface area contributed by atoms with Crippen LogP contribution in [-0.2, 0) is 9.59 Å². The molecule has 0 radical (unpaired) electrons. The van der Waals surface area contributed by atoms with Crippen LogP contribution in [0.4, 0.5) is 0 Å². The molecule has 0 atom stereocenters. The highest BCUT2D eigenvalue weighted by atomic mass is 35.5. The number of hydrogen-bond donors (Lipinski definition) is 3. The van der Waals surface area contributed by atoms with E-state index in [1.54, 1.807) is 24.3 Å². The Balaban J connectivity index is 1.42. The molecule has 1 aliphatic rings. The van der Waals surface area contributed by atoms with Crippen molar-refractivity contribution in [3.8, 4) is 17.1 Å². The Kier molecular flexibility index (Phi) is 8.96. The molecular weight excluding hydrogens is 502 g/mol. The summed E-state index contributed by atoms with van der Waals surface area (Å²) >= 11 is 7.42. The number of aromatic nitrogens is 3. The number of carboxylic acids is 1. The van der Waals surface area contributed by atoms with Crippen LogP contribution in [-0.4, -0.2) is 45.8 Å². The predicted octanol–water partition coefficient (Wildman–Crippen LogP) is 4.23. The van der Waals surface area contributed by atoms with E-state index < -0.39 is 12.6 Å². The minimum atomic E-state index is -1.07. The molecule has 0 saturated heterocycles. The van der Waals surface area contributed by atoms with Crippen LogP contribution < -0.4 is 14.7 Å². The van der Waals surface area contributed by atoms with Crippen molar-refractivity contribution in [2.24, 2.45) is 5.10 Å². The number of amides is 1. The van der Waals surface area contributed by atoms with Crippen LogP contribution in [0.2, 0.25) is 5.02 Å². The molecule has 0 spiro atoms. The Bertz CT molecular complexity index is 1230. The van der Waals surface area contributed by atoms with Gasteiger partial charge in [-0.15, -0.1) is 5.10 Å². The maximum absolute atomic E-state index is 12.5. The molecule has 0 unspecified atom stereocenters. The van der Waals surface area contributed by atoms with E-state index >= 15 is 0 Å². The zero-order valence-corrected chi connectivity index (χ0v) is 21.1. The molecule has 1 aromatic heterocycles. The van der Waals surface area contributed by atoms with Crippen LogP contribution in [0.25, 0.3) is 11.4 Å². The molecule has 188 valence electrons. The second kappa shape index (κ2) is 12.5. The topological polar surface area (TPSA) is 121 Å². The summed E-state index contributed by atoms with van der Waals surface area (Å²) in [5, 5.41) is 21.9. The number of carbonyl (C=O) groups excluding carboxylic acids is 1. The molecule has 1 amide bonds. The Morgan fingerprint density at radius 1 is 1.19 bits per heavy atom. The number of thioether (sulfide) groups is 1. The van der Waals surface area contributed by atoms with Crippen molar-refractivity contribution in [2.45, 2.75) is 43.3 Å². The monoisotopic (exact) mass is 528 g/mol. The Morgan fingerprint density at radius 3 is 2.69 bits per heavy atom. The molecule has 1 saturated carbocycles. The van der Waals surface area contributed by atoms with Gasteiger partial charge in [0.15, 0.2) is 6.61 Å². The predicted molar refractivity (Wildman–Crippen MR) is 137 cm³/mol. The fourth-order valence-corrected chi connectivity index (χ4v) is 5.03. The van der Waals surface area contributed by atoms with Crippen LogP contribution in [0.3, 0.4) is 0 Å². The van der Waals surface area contributed by atoms with Crippen molar-refractivity contribution < 1.29 is 24.0 Å². The number of halogens is 1. The van der Waals surface area contributed by atoms with Crippen LogP contribution in [0.15, 0.2) is 58.8 Å². The number of hydrogen-bond acceptors (Lipinski definition) is 6. The van der Waals surface area contributed by atoms with Gasteiger partial charge in [0.05, 0.1) is 28.7 Å². The fourth-order valence-electron chi connectivity index (χ4n) is 4.09. The van der Waals surface area contributed by atoms with Crippen LogP contribution in [0.5, 0.6) is 5.75 Å². The summed E-state index contributed by atoms with van der Waals surface area (Å²) in [6.07, 6.45) is 7.13. The van der Waals surface area contributed by atoms with E-state index in [0.29, 0.717) is 22.4 Å². The van der Waals surface area contributed by atoms with Gasteiger partial charge in [0.25, 0.3) is 11.7 Å². The summed E-state index contributed by atoms with van der Waals surface area (Å²) in [4.78, 5) is 23.3. The number of carbonyl (C=O) groups is 2. The number of nitrogens with zero attached hydrogens (tertiary/aromatic N) is 3. The summed E-state index contributed by atoms with van der Waals surface area (Å²) in [7, 11) is 0. The lowest BCUT2D eigenvalue weighted by Crippen LogP contribution is -2.43. The lowest BCUT2D eigenvalue weighted by Gasteiger charge is -2.21. The van der Waals surface area contributed by atoms with Crippen molar-refractivity contribution in [3.63, 3.8) is 0 Å². The highest BCUT2D eigenvalue weighted by Crippen LogP contribution is 2.29. The molecule has 3 N–H and O–H groups in total. The standard InChI is InChI=1S/C25H26ClN5O4S/c26-19-12-10-17(11-13-19)24-29-30-25(31(24)20-7-2-1-3-8-20)36-16-22(32)28-27-14-18-6-4-5-9-21(18)35-15-23(33)34/h4-6,9-14,20H,1-3,7-8,15-16H2,(H2,28,32,33,34)/p+1/b27-14+. The number of aromatic amines is 1. The van der Waals surface area contributed by atoms with E-state index in [4.69, 9.17) is 21.4 Å². The second-order valence-corrected chi connectivity index (χ2v) is 9.70. The molecular formula is C25H27ClN5O4S+. The maximum Gasteiger partial charge on any atom is 0.341 e. The van der Waals surface area contributed by atoms with E-state index in [-0.39, 0.29) is 11.7 Å². The molecule has 1 heterocycles. The van der Waals surface area contributed by atoms with Gasteiger partial charge >= 0.3 is 11.1 Å². The molecule has 36 heavy (non-hydrogen) atoms. The van der Waals surface area contributed by atoms with Gasteiger partial charge in [0, 0.05) is 10.6 Å². The molecule has 9 nitrogen and oxygen atoms in total. The Hall–Kier alpha value is -3.37. The zero-order chi connectivity index (χ0) is 25.3. The number of aliphatic carboxylic acids is 1. The van der Waals surface area contributed by atoms with Gasteiger partial charge in [-0.3, -0.25) is 4.79 Å². The lowest BCUT2D eigenvalue weighted by molar-refractivity contribution is -0.749. The number of nitrogens with one attached hydrogen (secondary N) is 2. The summed E-state index contributed by atoms with van der Waals surface area (Å²) in [6, 6.07) is 14.8. The Labute approximate surface area is 217 Å². The summed E-state index contributed by atoms with van der Waals surface area (Å²) in [6.45, 7) is -0.462. The number of ether oxygens (including phenoxy) is 1. The average Bonchev–Trinajstić information content (AvgIpc) is 3.32. The van der Waals surface area contributed by atoms with E-state index in [0.717, 1.165) is 29.4 Å². The highest BCUT2D eigenvalue weighted by Gasteiger charge is 2.30. The Morgan fingerprint density at radius 2 is 1.94 bits per heavy atom. The first-order valence-corrected chi connectivity index (χ1v) is 13.0. The molecule has 4 rings (SSSR count). The van der Waals surface area contributed by atoms with Gasteiger partial charge in [0.2, 0.25) is 0 Å². The highest BCUT2D eigenvalue weighted by molar-refractivity contribution is 7.99. The fraction of sp³-hybridized carbons (Fsp3) is 0.320. The van der Waals surface area contributed by atoms with Gasteiger partial charge < -0.3 is 9.84 Å². The van der Waals surface area contributed by atoms with Crippen molar-refractivity contribution in [3.05, 3.63) is 59.1 Å². The average molecular weight is 529 g/mol. The third-order valence-electron chi connectivity index (χ3n) is 5.76. The molecule has 2 aromatic carbocycles. The normalized spacial score (nSPS) is 14.1. The van der Waals surface area contributed by atoms with Gasteiger partial charge in [-0.25, -0.2) is 14.8 Å². The van der Waals surface area contributed by atoms with Crippen molar-refractivity contribution in [2.75, 3.05) is 12.4 Å². The van der Waals surface area contributed by atoms with E-state index in [1.807, 2.05) is 24.3 Å². The summed E-state index contributed by atoms with van der Waals surface area (Å²) in [5.74, 6) is 0.0395. The smallest absolute Gasteiger partial charge is 0.341 e. The van der Waals surface area contributed by atoms with E-state index in [9.17, 15) is 9.59 Å². The zero-order valence-electron chi connectivity index (χ0n) is 19.5. The molecule has 0 bridgehead atoms. The first-order valence-electron chi connectivity index (χ1n) is 11.7. The number of carboxylic acid groups (broad SMARTS) is 1. The van der Waals surface area contributed by atoms with Gasteiger partial charge in [0.1, 0.15) is 5.75 Å². The first-order chi connectivity index (χ1) is 17.5. The van der Waals surface area contributed by atoms with Crippen LogP contribution in [0.1, 0.15) is 43.7 Å². The molecule has 1 aliphatic carbocycles. The lowest BCUT2D eigenvalue weighted by atomic mass is 9.95. The third kappa shape index (κ3) is 6.86.